The maximum atomic E-state index is 11.4. The summed E-state index contributed by atoms with van der Waals surface area (Å²) >= 11 is 9.17. The lowest BCUT2D eigenvalue weighted by atomic mass is 10.1. The van der Waals surface area contributed by atoms with Gasteiger partial charge in [0.2, 0.25) is 0 Å². The van der Waals surface area contributed by atoms with E-state index in [1.807, 2.05) is 0 Å². The van der Waals surface area contributed by atoms with E-state index in [0.29, 0.717) is 26.4 Å². The van der Waals surface area contributed by atoms with Gasteiger partial charge in [0.25, 0.3) is 0 Å². The van der Waals surface area contributed by atoms with Gasteiger partial charge >= 0.3 is 5.97 Å². The van der Waals surface area contributed by atoms with E-state index >= 15 is 0 Å². The number of hydrogen-bond donors (Lipinski definition) is 0. The van der Waals surface area contributed by atoms with Crippen molar-refractivity contribution in [3.8, 4) is 0 Å². The van der Waals surface area contributed by atoms with Crippen LogP contribution < -0.4 is 0 Å². The molecule has 0 amide bonds. The standard InChI is InChI=1S/C9H9BrClNO2/c1-4-6(9(13)14-3)8(10)12-5(2)7(4)11/h1-3H3. The molecule has 0 N–H and O–H groups in total. The van der Waals surface area contributed by atoms with E-state index in [9.17, 15) is 4.79 Å². The van der Waals surface area contributed by atoms with Gasteiger partial charge < -0.3 is 4.74 Å². The summed E-state index contributed by atoms with van der Waals surface area (Å²) in [6, 6.07) is 0. The van der Waals surface area contributed by atoms with Crippen molar-refractivity contribution >= 4 is 33.5 Å². The quantitative estimate of drug-likeness (QED) is 0.586. The molecule has 0 unspecified atom stereocenters. The molecular weight excluding hydrogens is 269 g/mol. The lowest BCUT2D eigenvalue weighted by Gasteiger charge is -2.09. The Hall–Kier alpha value is -0.610. The molecule has 0 spiro atoms. The number of nitrogens with zero attached hydrogens (tertiary/aromatic N) is 1. The first-order chi connectivity index (χ1) is 6.49. The average Bonchev–Trinajstić information content (AvgIpc) is 2.14. The number of esters is 1. The minimum absolute atomic E-state index is 0.378. The summed E-state index contributed by atoms with van der Waals surface area (Å²) in [5, 5.41) is 0.494. The third-order valence-corrected chi connectivity index (χ3v) is 3.01. The summed E-state index contributed by atoms with van der Waals surface area (Å²) in [5.74, 6) is -0.441. The Morgan fingerprint density at radius 3 is 2.57 bits per heavy atom. The van der Waals surface area contributed by atoms with E-state index < -0.39 is 5.97 Å². The number of carbonyl (C=O) groups is 1. The number of carbonyl (C=O) groups excluding carboxylic acids is 1. The van der Waals surface area contributed by atoms with Crippen LogP contribution in [0.3, 0.4) is 0 Å². The van der Waals surface area contributed by atoms with E-state index in [4.69, 9.17) is 11.6 Å². The monoisotopic (exact) mass is 277 g/mol. The maximum absolute atomic E-state index is 11.4. The highest BCUT2D eigenvalue weighted by atomic mass is 79.9. The molecule has 1 aromatic rings. The van der Waals surface area contributed by atoms with E-state index in [0.717, 1.165) is 0 Å². The van der Waals surface area contributed by atoms with Gasteiger partial charge in [0.1, 0.15) is 4.60 Å². The van der Waals surface area contributed by atoms with Crippen LogP contribution in [0.1, 0.15) is 21.6 Å². The molecule has 0 aliphatic carbocycles. The molecule has 0 saturated heterocycles. The molecule has 0 saturated carbocycles. The smallest absolute Gasteiger partial charge is 0.340 e. The van der Waals surface area contributed by atoms with Crippen molar-refractivity contribution in [2.45, 2.75) is 13.8 Å². The van der Waals surface area contributed by atoms with Crippen LogP contribution in [0.25, 0.3) is 0 Å². The van der Waals surface area contributed by atoms with Gasteiger partial charge in [0.15, 0.2) is 0 Å². The normalized spacial score (nSPS) is 10.1. The van der Waals surface area contributed by atoms with Gasteiger partial charge in [-0.3, -0.25) is 0 Å². The average molecular weight is 279 g/mol. The summed E-state index contributed by atoms with van der Waals surface area (Å²) in [6.45, 7) is 3.54. The Labute approximate surface area is 95.6 Å². The van der Waals surface area contributed by atoms with Gasteiger partial charge in [-0.2, -0.15) is 0 Å². The lowest BCUT2D eigenvalue weighted by molar-refractivity contribution is 0.0598. The minimum atomic E-state index is -0.441. The highest BCUT2D eigenvalue weighted by molar-refractivity contribution is 9.10. The summed E-state index contributed by atoms with van der Waals surface area (Å²) in [7, 11) is 1.32. The van der Waals surface area contributed by atoms with Crippen molar-refractivity contribution in [1.82, 2.24) is 4.98 Å². The highest BCUT2D eigenvalue weighted by Crippen LogP contribution is 2.27. The van der Waals surface area contributed by atoms with Crippen LogP contribution in [0.2, 0.25) is 5.02 Å². The first-order valence-corrected chi connectivity index (χ1v) is 5.06. The maximum Gasteiger partial charge on any atom is 0.340 e. The molecule has 1 aromatic heterocycles. The van der Waals surface area contributed by atoms with Crippen LogP contribution in [0.15, 0.2) is 4.60 Å². The molecule has 0 atom stereocenters. The number of aromatic nitrogens is 1. The van der Waals surface area contributed by atoms with Crippen LogP contribution in [0, 0.1) is 13.8 Å². The fraction of sp³-hybridized carbons (Fsp3) is 0.333. The second-order valence-electron chi connectivity index (χ2n) is 2.79. The second-order valence-corrected chi connectivity index (χ2v) is 3.92. The van der Waals surface area contributed by atoms with Gasteiger partial charge in [-0.05, 0) is 35.3 Å². The first kappa shape index (κ1) is 11.5. The van der Waals surface area contributed by atoms with Crippen molar-refractivity contribution in [1.29, 1.82) is 0 Å². The van der Waals surface area contributed by atoms with Crippen molar-refractivity contribution in [3.63, 3.8) is 0 Å². The Morgan fingerprint density at radius 2 is 2.07 bits per heavy atom. The van der Waals surface area contributed by atoms with Gasteiger partial charge in [0.05, 0.1) is 23.4 Å². The van der Waals surface area contributed by atoms with Crippen LogP contribution in [0.5, 0.6) is 0 Å². The van der Waals surface area contributed by atoms with Crippen molar-refractivity contribution in [3.05, 3.63) is 26.4 Å². The predicted molar refractivity (Wildman–Crippen MR) is 57.8 cm³/mol. The molecule has 76 valence electrons. The zero-order valence-corrected chi connectivity index (χ0v) is 10.4. The van der Waals surface area contributed by atoms with Crippen molar-refractivity contribution < 1.29 is 9.53 Å². The third kappa shape index (κ3) is 1.91. The number of ether oxygens (including phenoxy) is 1. The summed E-state index contributed by atoms with van der Waals surface area (Å²) in [4.78, 5) is 15.5. The number of rotatable bonds is 1. The fourth-order valence-corrected chi connectivity index (χ4v) is 1.99. The number of hydrogen-bond acceptors (Lipinski definition) is 3. The van der Waals surface area contributed by atoms with E-state index in [1.54, 1.807) is 13.8 Å². The minimum Gasteiger partial charge on any atom is -0.465 e. The second kappa shape index (κ2) is 4.28. The van der Waals surface area contributed by atoms with Gasteiger partial charge in [0, 0.05) is 0 Å². The molecule has 1 heterocycles. The van der Waals surface area contributed by atoms with Gasteiger partial charge in [-0.15, -0.1) is 0 Å². The summed E-state index contributed by atoms with van der Waals surface area (Å²) in [6.07, 6.45) is 0. The molecule has 0 radical (unpaired) electrons. The molecule has 0 bridgehead atoms. The lowest BCUT2D eigenvalue weighted by Crippen LogP contribution is -2.07. The molecule has 0 aliphatic heterocycles. The molecule has 0 aliphatic rings. The fourth-order valence-electron chi connectivity index (χ4n) is 1.13. The van der Waals surface area contributed by atoms with E-state index in [-0.39, 0.29) is 0 Å². The number of aryl methyl sites for hydroxylation is 1. The van der Waals surface area contributed by atoms with Gasteiger partial charge in [-0.25, -0.2) is 9.78 Å². The summed E-state index contributed by atoms with van der Waals surface area (Å²) in [5.41, 5.74) is 1.74. The molecule has 0 fully saturated rings. The first-order valence-electron chi connectivity index (χ1n) is 3.89. The third-order valence-electron chi connectivity index (χ3n) is 1.88. The summed E-state index contributed by atoms with van der Waals surface area (Å²) < 4.78 is 5.09. The molecule has 1 rings (SSSR count). The van der Waals surface area contributed by atoms with Gasteiger partial charge in [-0.1, -0.05) is 11.6 Å². The van der Waals surface area contributed by atoms with E-state index in [2.05, 4.69) is 25.7 Å². The van der Waals surface area contributed by atoms with Crippen molar-refractivity contribution in [2.24, 2.45) is 0 Å². The molecule has 5 heteroatoms. The zero-order chi connectivity index (χ0) is 10.9. The topological polar surface area (TPSA) is 39.2 Å². The number of methoxy groups -OCH3 is 1. The molecule has 3 nitrogen and oxygen atoms in total. The zero-order valence-electron chi connectivity index (χ0n) is 8.02. The number of pyridine rings is 1. The molecule has 14 heavy (non-hydrogen) atoms. The Kier molecular flexibility index (Phi) is 3.50. The SMILES string of the molecule is COC(=O)c1c(Br)nc(C)c(Cl)c1C. The largest absolute Gasteiger partial charge is 0.465 e. The predicted octanol–water partition coefficient (Wildman–Crippen LogP) is 2.90. The molecular formula is C9H9BrClNO2. The Bertz CT molecular complexity index is 393. The highest BCUT2D eigenvalue weighted by Gasteiger charge is 2.18. The Balaban J connectivity index is 3.44. The van der Waals surface area contributed by atoms with Crippen LogP contribution in [0.4, 0.5) is 0 Å². The van der Waals surface area contributed by atoms with Crippen LogP contribution in [-0.2, 0) is 4.74 Å². The van der Waals surface area contributed by atoms with Crippen LogP contribution >= 0.6 is 27.5 Å². The Morgan fingerprint density at radius 1 is 1.50 bits per heavy atom. The van der Waals surface area contributed by atoms with E-state index in [1.165, 1.54) is 7.11 Å². The molecule has 0 aromatic carbocycles. The van der Waals surface area contributed by atoms with Crippen LogP contribution in [-0.4, -0.2) is 18.1 Å². The van der Waals surface area contributed by atoms with Crippen molar-refractivity contribution in [2.75, 3.05) is 7.11 Å². The number of halogens is 2.